The molecular weight excluding hydrogens is 306 g/mol. The summed E-state index contributed by atoms with van der Waals surface area (Å²) >= 11 is 0. The van der Waals surface area contributed by atoms with E-state index in [1.54, 1.807) is 16.4 Å². The number of sulfonamides is 1. The highest BCUT2D eigenvalue weighted by molar-refractivity contribution is 7.89. The molecule has 3 rings (SSSR count). The van der Waals surface area contributed by atoms with E-state index in [-0.39, 0.29) is 6.04 Å². The lowest BCUT2D eigenvalue weighted by Crippen LogP contribution is -2.50. The Morgan fingerprint density at radius 2 is 1.74 bits per heavy atom. The summed E-state index contributed by atoms with van der Waals surface area (Å²) in [4.78, 5) is 0.413. The van der Waals surface area contributed by atoms with Crippen LogP contribution in [0.25, 0.3) is 0 Å². The molecule has 0 radical (unpaired) electrons. The molecule has 0 saturated carbocycles. The van der Waals surface area contributed by atoms with Gasteiger partial charge in [0.1, 0.15) is 0 Å². The van der Waals surface area contributed by atoms with Gasteiger partial charge < -0.3 is 0 Å². The summed E-state index contributed by atoms with van der Waals surface area (Å²) in [5, 5.41) is 0. The third-order valence-corrected chi connectivity index (χ3v) is 6.53. The van der Waals surface area contributed by atoms with Gasteiger partial charge in [0.15, 0.2) is 0 Å². The van der Waals surface area contributed by atoms with Gasteiger partial charge in [-0.15, -0.1) is 0 Å². The zero-order valence-electron chi connectivity index (χ0n) is 13.5. The van der Waals surface area contributed by atoms with Gasteiger partial charge in [-0.05, 0) is 50.3 Å². The lowest BCUT2D eigenvalue weighted by Gasteiger charge is -2.39. The van der Waals surface area contributed by atoms with E-state index in [4.69, 9.17) is 0 Å². The maximum absolute atomic E-state index is 12.7. The second-order valence-electron chi connectivity index (χ2n) is 6.25. The Morgan fingerprint density at radius 3 is 2.35 bits per heavy atom. The minimum Gasteiger partial charge on any atom is -0.207 e. The first-order chi connectivity index (χ1) is 11.1. The van der Waals surface area contributed by atoms with Crippen molar-refractivity contribution >= 4 is 10.0 Å². The molecule has 0 aliphatic carbocycles. The van der Waals surface area contributed by atoms with Crippen molar-refractivity contribution in [2.75, 3.05) is 6.54 Å². The van der Waals surface area contributed by atoms with Crippen LogP contribution in [0.3, 0.4) is 0 Å². The molecule has 4 heteroatoms. The van der Waals surface area contributed by atoms with Gasteiger partial charge in [0, 0.05) is 12.6 Å². The lowest BCUT2D eigenvalue weighted by atomic mass is 9.98. The Hall–Kier alpha value is -1.65. The molecule has 3 nitrogen and oxygen atoms in total. The zero-order valence-corrected chi connectivity index (χ0v) is 14.3. The summed E-state index contributed by atoms with van der Waals surface area (Å²) in [5.74, 6) is 0. The number of rotatable bonds is 6. The van der Waals surface area contributed by atoms with E-state index in [9.17, 15) is 8.42 Å². The van der Waals surface area contributed by atoms with Gasteiger partial charge in [0.25, 0.3) is 0 Å². The quantitative estimate of drug-likeness (QED) is 0.809. The summed E-state index contributed by atoms with van der Waals surface area (Å²) < 4.78 is 27.1. The van der Waals surface area contributed by atoms with Crippen molar-refractivity contribution in [2.24, 2.45) is 0 Å². The Labute approximate surface area is 139 Å². The van der Waals surface area contributed by atoms with Crippen LogP contribution in [0.5, 0.6) is 0 Å². The van der Waals surface area contributed by atoms with E-state index in [0.29, 0.717) is 11.4 Å². The van der Waals surface area contributed by atoms with Crippen LogP contribution < -0.4 is 0 Å². The fourth-order valence-corrected chi connectivity index (χ4v) is 4.75. The summed E-state index contributed by atoms with van der Waals surface area (Å²) in [7, 11) is -3.33. The highest BCUT2D eigenvalue weighted by Crippen LogP contribution is 2.30. The Bertz CT molecular complexity index is 739. The van der Waals surface area contributed by atoms with Crippen molar-refractivity contribution in [1.82, 2.24) is 4.31 Å². The maximum atomic E-state index is 12.7. The molecule has 0 amide bonds. The highest BCUT2D eigenvalue weighted by Gasteiger charge is 2.37. The van der Waals surface area contributed by atoms with Crippen LogP contribution in [0.4, 0.5) is 0 Å². The monoisotopic (exact) mass is 329 g/mol. The van der Waals surface area contributed by atoms with Crippen LogP contribution >= 0.6 is 0 Å². The lowest BCUT2D eigenvalue weighted by molar-refractivity contribution is 0.185. The van der Waals surface area contributed by atoms with Gasteiger partial charge in [-0.2, -0.15) is 4.31 Å². The third-order valence-electron chi connectivity index (χ3n) is 4.56. The SMILES string of the molecule is Cc1ccc(S(=O)(=O)N2CC[C@H]2CCCc2ccccc2)cc1. The van der Waals surface area contributed by atoms with Gasteiger partial charge in [0.05, 0.1) is 4.90 Å². The molecule has 1 atom stereocenters. The van der Waals surface area contributed by atoms with E-state index < -0.39 is 10.0 Å². The van der Waals surface area contributed by atoms with Crippen molar-refractivity contribution in [2.45, 2.75) is 43.5 Å². The molecule has 0 aromatic heterocycles. The molecule has 0 unspecified atom stereocenters. The number of hydrogen-bond donors (Lipinski definition) is 0. The van der Waals surface area contributed by atoms with E-state index in [2.05, 4.69) is 12.1 Å². The van der Waals surface area contributed by atoms with E-state index in [1.165, 1.54) is 5.56 Å². The van der Waals surface area contributed by atoms with Crippen LogP contribution in [-0.4, -0.2) is 25.3 Å². The molecule has 122 valence electrons. The molecule has 0 N–H and O–H groups in total. The molecule has 1 fully saturated rings. The van der Waals surface area contributed by atoms with Gasteiger partial charge >= 0.3 is 0 Å². The molecular formula is C19H23NO2S. The summed E-state index contributed by atoms with van der Waals surface area (Å²) in [5.41, 5.74) is 2.40. The predicted octanol–water partition coefficient (Wildman–Crippen LogP) is 3.78. The Balaban J connectivity index is 1.59. The smallest absolute Gasteiger partial charge is 0.207 e. The summed E-state index contributed by atoms with van der Waals surface area (Å²) in [6.07, 6.45) is 3.93. The Kier molecular flexibility index (Phi) is 4.83. The molecule has 2 aromatic rings. The molecule has 0 spiro atoms. The number of benzene rings is 2. The topological polar surface area (TPSA) is 37.4 Å². The van der Waals surface area contributed by atoms with Crippen LogP contribution in [0.2, 0.25) is 0 Å². The predicted molar refractivity (Wildman–Crippen MR) is 92.9 cm³/mol. The molecule has 1 saturated heterocycles. The van der Waals surface area contributed by atoms with Crippen LogP contribution in [0.15, 0.2) is 59.5 Å². The van der Waals surface area contributed by atoms with Crippen molar-refractivity contribution < 1.29 is 8.42 Å². The normalized spacial score (nSPS) is 18.6. The highest BCUT2D eigenvalue weighted by atomic mass is 32.2. The first kappa shape index (κ1) is 16.2. The van der Waals surface area contributed by atoms with Gasteiger partial charge in [0.2, 0.25) is 10.0 Å². The van der Waals surface area contributed by atoms with Crippen molar-refractivity contribution in [3.8, 4) is 0 Å². The first-order valence-electron chi connectivity index (χ1n) is 8.20. The van der Waals surface area contributed by atoms with Gasteiger partial charge in [-0.3, -0.25) is 0 Å². The van der Waals surface area contributed by atoms with Crippen LogP contribution in [0, 0.1) is 6.92 Å². The molecule has 1 heterocycles. The minimum absolute atomic E-state index is 0.157. The number of aryl methyl sites for hydroxylation is 2. The third kappa shape index (κ3) is 3.65. The first-order valence-corrected chi connectivity index (χ1v) is 9.64. The largest absolute Gasteiger partial charge is 0.243 e. The minimum atomic E-state index is -3.33. The number of hydrogen-bond acceptors (Lipinski definition) is 2. The average molecular weight is 329 g/mol. The second-order valence-corrected chi connectivity index (χ2v) is 8.14. The maximum Gasteiger partial charge on any atom is 0.243 e. The fraction of sp³-hybridized carbons (Fsp3) is 0.368. The molecule has 0 bridgehead atoms. The second kappa shape index (κ2) is 6.85. The molecule has 1 aliphatic heterocycles. The summed E-state index contributed by atoms with van der Waals surface area (Å²) in [6.45, 7) is 2.61. The molecule has 1 aliphatic rings. The van der Waals surface area contributed by atoms with Crippen LogP contribution in [-0.2, 0) is 16.4 Å². The zero-order chi connectivity index (χ0) is 16.3. The standard InChI is InChI=1S/C19H23NO2S/c1-16-10-12-19(13-11-16)23(21,22)20-15-14-18(20)9-5-8-17-6-3-2-4-7-17/h2-4,6-7,10-13,18H,5,8-9,14-15H2,1H3/t18-/m1/s1. The van der Waals surface area contributed by atoms with Crippen LogP contribution in [0.1, 0.15) is 30.4 Å². The molecule has 23 heavy (non-hydrogen) atoms. The van der Waals surface area contributed by atoms with E-state index >= 15 is 0 Å². The average Bonchev–Trinajstić information content (AvgIpc) is 2.51. The fourth-order valence-electron chi connectivity index (χ4n) is 3.05. The van der Waals surface area contributed by atoms with Crippen molar-refractivity contribution in [3.05, 3.63) is 65.7 Å². The Morgan fingerprint density at radius 1 is 1.04 bits per heavy atom. The van der Waals surface area contributed by atoms with Gasteiger partial charge in [-0.1, -0.05) is 48.0 Å². The number of nitrogens with zero attached hydrogens (tertiary/aromatic N) is 1. The molecule has 2 aromatic carbocycles. The van der Waals surface area contributed by atoms with E-state index in [0.717, 1.165) is 31.2 Å². The van der Waals surface area contributed by atoms with Crippen molar-refractivity contribution in [1.29, 1.82) is 0 Å². The van der Waals surface area contributed by atoms with Gasteiger partial charge in [-0.25, -0.2) is 8.42 Å². The van der Waals surface area contributed by atoms with E-state index in [1.807, 2.05) is 37.3 Å². The summed E-state index contributed by atoms with van der Waals surface area (Å²) in [6, 6.07) is 17.7. The van der Waals surface area contributed by atoms with Crippen molar-refractivity contribution in [3.63, 3.8) is 0 Å².